The van der Waals surface area contributed by atoms with Crippen molar-refractivity contribution < 1.29 is 4.79 Å². The van der Waals surface area contributed by atoms with Gasteiger partial charge in [0.15, 0.2) is 4.77 Å². The van der Waals surface area contributed by atoms with Crippen LogP contribution in [0.2, 0.25) is 0 Å². The molecule has 2 heterocycles. The second-order valence-corrected chi connectivity index (χ2v) is 5.64. The van der Waals surface area contributed by atoms with Crippen LogP contribution in [0.4, 0.5) is 0 Å². The Balaban J connectivity index is 1.59. The van der Waals surface area contributed by atoms with Crippen molar-refractivity contribution in [3.8, 4) is 0 Å². The smallest absolute Gasteiger partial charge is 0.252 e. The normalized spacial score (nSPS) is 14.1. The summed E-state index contributed by atoms with van der Waals surface area (Å²) in [7, 11) is 0. The lowest BCUT2D eigenvalue weighted by molar-refractivity contribution is 0.0952. The quantitative estimate of drug-likeness (QED) is 0.828. The van der Waals surface area contributed by atoms with Crippen LogP contribution in [0.5, 0.6) is 0 Å². The Morgan fingerprint density at radius 1 is 1.52 bits per heavy atom. The maximum atomic E-state index is 12.0. The van der Waals surface area contributed by atoms with Crippen LogP contribution in [-0.2, 0) is 6.54 Å². The Morgan fingerprint density at radius 3 is 3.00 bits per heavy atom. The second kappa shape index (κ2) is 5.77. The van der Waals surface area contributed by atoms with Gasteiger partial charge in [0.1, 0.15) is 5.82 Å². The van der Waals surface area contributed by atoms with Gasteiger partial charge in [-0.1, -0.05) is 0 Å². The number of hydrogen-bond donors (Lipinski definition) is 2. The van der Waals surface area contributed by atoms with Crippen molar-refractivity contribution >= 4 is 18.1 Å². The van der Waals surface area contributed by atoms with Gasteiger partial charge in [0.05, 0.1) is 5.56 Å². The number of hydrogen-bond acceptors (Lipinski definition) is 4. The molecule has 3 rings (SSSR count). The zero-order valence-electron chi connectivity index (χ0n) is 11.8. The van der Waals surface area contributed by atoms with Crippen molar-refractivity contribution in [3.63, 3.8) is 0 Å². The summed E-state index contributed by atoms with van der Waals surface area (Å²) in [5, 5.41) is 9.98. The van der Waals surface area contributed by atoms with Crippen molar-refractivity contribution in [1.82, 2.24) is 25.1 Å². The molecule has 2 aromatic heterocycles. The van der Waals surface area contributed by atoms with Gasteiger partial charge < -0.3 is 9.88 Å². The van der Waals surface area contributed by atoms with Crippen LogP contribution in [0.1, 0.15) is 40.6 Å². The maximum Gasteiger partial charge on any atom is 0.252 e. The van der Waals surface area contributed by atoms with Gasteiger partial charge in [0.25, 0.3) is 5.91 Å². The first-order valence-electron chi connectivity index (χ1n) is 7.01. The molecule has 1 saturated carbocycles. The predicted octanol–water partition coefficient (Wildman–Crippen LogP) is 1.95. The van der Waals surface area contributed by atoms with Gasteiger partial charge >= 0.3 is 0 Å². The number of nitrogens with one attached hydrogen (secondary N) is 2. The minimum Gasteiger partial charge on any atom is -0.350 e. The average molecular weight is 303 g/mol. The van der Waals surface area contributed by atoms with E-state index in [0.717, 1.165) is 11.5 Å². The minimum atomic E-state index is -0.120. The molecule has 2 N–H and O–H groups in total. The molecule has 0 spiro atoms. The van der Waals surface area contributed by atoms with Gasteiger partial charge in [-0.2, -0.15) is 5.10 Å². The highest BCUT2D eigenvalue weighted by molar-refractivity contribution is 7.71. The van der Waals surface area contributed by atoms with Crippen LogP contribution in [0.3, 0.4) is 0 Å². The molecule has 1 aliphatic rings. The SMILES string of the molecule is Cc1ccc(C(=O)NCCn2c(C3CC3)n[nH]c2=S)cn1. The zero-order valence-corrected chi connectivity index (χ0v) is 12.6. The van der Waals surface area contributed by atoms with E-state index in [1.807, 2.05) is 17.6 Å². The van der Waals surface area contributed by atoms with E-state index in [4.69, 9.17) is 12.2 Å². The Bertz CT molecular complexity index is 699. The molecular weight excluding hydrogens is 286 g/mol. The molecule has 7 heteroatoms. The van der Waals surface area contributed by atoms with E-state index < -0.39 is 0 Å². The first kappa shape index (κ1) is 13.9. The third-order valence-corrected chi connectivity index (χ3v) is 3.84. The van der Waals surface area contributed by atoms with E-state index in [-0.39, 0.29) is 5.91 Å². The van der Waals surface area contributed by atoms with E-state index in [2.05, 4.69) is 20.5 Å². The molecule has 0 radical (unpaired) electrons. The fourth-order valence-electron chi connectivity index (χ4n) is 2.18. The lowest BCUT2D eigenvalue weighted by Crippen LogP contribution is -2.27. The summed E-state index contributed by atoms with van der Waals surface area (Å²) in [6.07, 6.45) is 3.92. The van der Waals surface area contributed by atoms with Crippen LogP contribution in [-0.4, -0.2) is 32.2 Å². The Kier molecular flexibility index (Phi) is 3.83. The predicted molar refractivity (Wildman–Crippen MR) is 80.7 cm³/mol. The van der Waals surface area contributed by atoms with Gasteiger partial charge in [-0.3, -0.25) is 14.9 Å². The zero-order chi connectivity index (χ0) is 14.8. The van der Waals surface area contributed by atoms with Gasteiger partial charge in [0.2, 0.25) is 0 Å². The first-order valence-corrected chi connectivity index (χ1v) is 7.42. The van der Waals surface area contributed by atoms with Crippen molar-refractivity contribution in [2.24, 2.45) is 0 Å². The highest BCUT2D eigenvalue weighted by Crippen LogP contribution is 2.38. The molecular formula is C14H17N5OS. The van der Waals surface area contributed by atoms with Crippen LogP contribution in [0.15, 0.2) is 18.3 Å². The third-order valence-electron chi connectivity index (χ3n) is 3.52. The van der Waals surface area contributed by atoms with Crippen LogP contribution in [0, 0.1) is 11.7 Å². The fraction of sp³-hybridized carbons (Fsp3) is 0.429. The Morgan fingerprint density at radius 2 is 2.33 bits per heavy atom. The van der Waals surface area contributed by atoms with E-state index in [9.17, 15) is 4.79 Å². The van der Waals surface area contributed by atoms with Crippen LogP contribution in [0.25, 0.3) is 0 Å². The fourth-order valence-corrected chi connectivity index (χ4v) is 2.42. The molecule has 1 aliphatic carbocycles. The topological polar surface area (TPSA) is 75.6 Å². The highest BCUT2D eigenvalue weighted by atomic mass is 32.1. The summed E-state index contributed by atoms with van der Waals surface area (Å²) in [5.74, 6) is 1.41. The van der Waals surface area contributed by atoms with Crippen molar-refractivity contribution in [2.75, 3.05) is 6.54 Å². The molecule has 0 saturated heterocycles. The second-order valence-electron chi connectivity index (χ2n) is 5.26. The van der Waals surface area contributed by atoms with Gasteiger partial charge in [-0.25, -0.2) is 0 Å². The van der Waals surface area contributed by atoms with E-state index >= 15 is 0 Å². The van der Waals surface area contributed by atoms with Gasteiger partial charge in [-0.05, 0) is 44.1 Å². The molecule has 6 nitrogen and oxygen atoms in total. The number of aromatic nitrogens is 4. The molecule has 1 fully saturated rings. The molecule has 2 aromatic rings. The number of pyridine rings is 1. The molecule has 21 heavy (non-hydrogen) atoms. The number of aryl methyl sites for hydroxylation is 1. The van der Waals surface area contributed by atoms with Crippen LogP contribution >= 0.6 is 12.2 Å². The standard InChI is InChI=1S/C14H17N5OS/c1-9-2-3-11(8-16-9)13(20)15-6-7-19-12(10-4-5-10)17-18-14(19)21/h2-3,8,10H,4-7H2,1H3,(H,15,20)(H,18,21). The lowest BCUT2D eigenvalue weighted by atomic mass is 10.2. The van der Waals surface area contributed by atoms with E-state index in [1.165, 1.54) is 12.8 Å². The number of carbonyl (C=O) groups is 1. The largest absolute Gasteiger partial charge is 0.350 e. The molecule has 0 aromatic carbocycles. The lowest BCUT2D eigenvalue weighted by Gasteiger charge is -2.08. The summed E-state index contributed by atoms with van der Waals surface area (Å²) in [5.41, 5.74) is 1.46. The van der Waals surface area contributed by atoms with E-state index in [1.54, 1.807) is 12.3 Å². The molecule has 0 atom stereocenters. The number of aromatic amines is 1. The molecule has 0 unspecified atom stereocenters. The van der Waals surface area contributed by atoms with Gasteiger partial charge in [-0.15, -0.1) is 0 Å². The van der Waals surface area contributed by atoms with Gasteiger partial charge in [0, 0.05) is 30.9 Å². The molecule has 0 aliphatic heterocycles. The number of carbonyl (C=O) groups excluding carboxylic acids is 1. The van der Waals surface area contributed by atoms with E-state index in [0.29, 0.717) is 29.3 Å². The molecule has 110 valence electrons. The Hall–Kier alpha value is -2.02. The highest BCUT2D eigenvalue weighted by Gasteiger charge is 2.28. The number of nitrogens with zero attached hydrogens (tertiary/aromatic N) is 3. The number of amides is 1. The summed E-state index contributed by atoms with van der Waals surface area (Å²) in [4.78, 5) is 16.1. The van der Waals surface area contributed by atoms with Crippen molar-refractivity contribution in [3.05, 3.63) is 40.2 Å². The number of rotatable bonds is 5. The first-order chi connectivity index (χ1) is 10.1. The monoisotopic (exact) mass is 303 g/mol. The maximum absolute atomic E-state index is 12.0. The summed E-state index contributed by atoms with van der Waals surface area (Å²) in [6.45, 7) is 3.04. The summed E-state index contributed by atoms with van der Waals surface area (Å²) >= 11 is 5.23. The summed E-state index contributed by atoms with van der Waals surface area (Å²) in [6, 6.07) is 3.60. The number of H-pyrrole nitrogens is 1. The third kappa shape index (κ3) is 3.18. The Labute approximate surface area is 127 Å². The minimum absolute atomic E-state index is 0.120. The molecule has 1 amide bonds. The average Bonchev–Trinajstić information content (AvgIpc) is 3.25. The molecule has 0 bridgehead atoms. The van der Waals surface area contributed by atoms with Crippen molar-refractivity contribution in [1.29, 1.82) is 0 Å². The summed E-state index contributed by atoms with van der Waals surface area (Å²) < 4.78 is 2.59. The van der Waals surface area contributed by atoms with Crippen molar-refractivity contribution in [2.45, 2.75) is 32.2 Å². The van der Waals surface area contributed by atoms with Crippen LogP contribution < -0.4 is 5.32 Å².